The van der Waals surface area contributed by atoms with E-state index < -0.39 is 36.5 Å². The topological polar surface area (TPSA) is 139 Å². The largest absolute Gasteiger partial charge is 0.479 e. The number of ether oxygens (including phenoxy) is 1. The second-order valence-electron chi connectivity index (χ2n) is 6.09. The molecule has 4 atom stereocenters. The average molecular weight is 387 g/mol. The van der Waals surface area contributed by atoms with E-state index in [0.717, 1.165) is 10.9 Å². The van der Waals surface area contributed by atoms with E-state index in [4.69, 9.17) is 9.84 Å². The third kappa shape index (κ3) is 2.96. The van der Waals surface area contributed by atoms with Crippen molar-refractivity contribution in [1.29, 1.82) is 0 Å². The maximum atomic E-state index is 14.4. The third-order valence-corrected chi connectivity index (χ3v) is 4.34. The Morgan fingerprint density at radius 1 is 1.18 bits per heavy atom. The number of fused-ring (bicyclic) bond motifs is 1. The summed E-state index contributed by atoms with van der Waals surface area (Å²) in [5, 5.41) is 21.4. The Morgan fingerprint density at radius 2 is 1.93 bits per heavy atom. The Hall–Kier alpha value is -3.44. The number of hydrogen-bond donors (Lipinski definition) is 3. The van der Waals surface area contributed by atoms with Crippen LogP contribution in [-0.4, -0.2) is 60.0 Å². The number of rotatable bonds is 4. The number of anilines is 1. The molecule has 0 spiro atoms. The number of benzene rings is 1. The number of alkyl halides is 1. The van der Waals surface area contributed by atoms with Crippen LogP contribution in [0, 0.1) is 0 Å². The summed E-state index contributed by atoms with van der Waals surface area (Å²) in [7, 11) is 0. The number of halogens is 1. The van der Waals surface area contributed by atoms with Gasteiger partial charge in [-0.15, -0.1) is 0 Å². The second-order valence-corrected chi connectivity index (χ2v) is 6.09. The minimum Gasteiger partial charge on any atom is -0.479 e. The normalized spacial score (nSPS) is 24.4. The molecule has 1 amide bonds. The number of aromatic nitrogens is 4. The van der Waals surface area contributed by atoms with Crippen molar-refractivity contribution in [2.24, 2.45) is 0 Å². The molecule has 1 fully saturated rings. The molecular weight excluding hydrogens is 373 g/mol. The third-order valence-electron chi connectivity index (χ3n) is 4.34. The van der Waals surface area contributed by atoms with Gasteiger partial charge in [-0.1, -0.05) is 18.2 Å². The lowest BCUT2D eigenvalue weighted by molar-refractivity contribution is -0.155. The zero-order chi connectivity index (χ0) is 19.8. The van der Waals surface area contributed by atoms with Crippen molar-refractivity contribution in [2.75, 3.05) is 5.32 Å². The van der Waals surface area contributed by atoms with Gasteiger partial charge in [0.15, 0.2) is 35.5 Å². The van der Waals surface area contributed by atoms with Crippen LogP contribution in [0.15, 0.2) is 43.0 Å². The summed E-state index contributed by atoms with van der Waals surface area (Å²) in [6.45, 7) is 0. The van der Waals surface area contributed by atoms with Crippen LogP contribution in [0.3, 0.4) is 0 Å². The Bertz CT molecular complexity index is 1040. The Labute approximate surface area is 156 Å². The van der Waals surface area contributed by atoms with Crippen LogP contribution in [0.1, 0.15) is 16.6 Å². The van der Waals surface area contributed by atoms with Gasteiger partial charge < -0.3 is 20.3 Å². The van der Waals surface area contributed by atoms with Gasteiger partial charge in [0.2, 0.25) is 0 Å². The molecule has 1 unspecified atom stereocenters. The van der Waals surface area contributed by atoms with Crippen LogP contribution in [0.2, 0.25) is 0 Å². The lowest BCUT2D eigenvalue weighted by Gasteiger charge is -2.14. The fourth-order valence-electron chi connectivity index (χ4n) is 2.96. The highest BCUT2D eigenvalue weighted by Crippen LogP contribution is 2.34. The number of amides is 1. The Morgan fingerprint density at radius 3 is 2.61 bits per heavy atom. The molecular formula is C17H14FN5O5. The summed E-state index contributed by atoms with van der Waals surface area (Å²) in [6.07, 6.45) is -4.65. The fraction of sp³-hybridized carbons (Fsp3) is 0.235. The molecule has 0 radical (unpaired) electrons. The van der Waals surface area contributed by atoms with Crippen LogP contribution in [-0.2, 0) is 9.53 Å². The van der Waals surface area contributed by atoms with E-state index in [1.54, 1.807) is 30.3 Å². The molecule has 3 aromatic rings. The highest BCUT2D eigenvalue weighted by Gasteiger charge is 2.49. The lowest BCUT2D eigenvalue weighted by atomic mass is 10.1. The van der Waals surface area contributed by atoms with Gasteiger partial charge >= 0.3 is 5.97 Å². The molecule has 3 heterocycles. The quantitative estimate of drug-likeness (QED) is 0.596. The van der Waals surface area contributed by atoms with Gasteiger partial charge in [0.25, 0.3) is 5.91 Å². The predicted octanol–water partition coefficient (Wildman–Crippen LogP) is 0.760. The SMILES string of the molecule is O=C(Nc1ncnc2c1ncn2[C@@H]1O[C@H](C(=O)O)C(O)[C@@H]1F)c1ccccc1. The molecule has 1 aliphatic rings. The van der Waals surface area contributed by atoms with Crippen molar-refractivity contribution in [3.63, 3.8) is 0 Å². The van der Waals surface area contributed by atoms with E-state index in [1.807, 2.05) is 0 Å². The first-order chi connectivity index (χ1) is 13.5. The molecule has 1 aromatic carbocycles. The van der Waals surface area contributed by atoms with Gasteiger partial charge in [0.1, 0.15) is 12.4 Å². The predicted molar refractivity (Wildman–Crippen MR) is 92.2 cm³/mol. The first kappa shape index (κ1) is 17.9. The monoisotopic (exact) mass is 387 g/mol. The smallest absolute Gasteiger partial charge is 0.335 e. The van der Waals surface area contributed by atoms with E-state index in [0.29, 0.717) is 5.56 Å². The van der Waals surface area contributed by atoms with E-state index in [1.165, 1.54) is 6.33 Å². The van der Waals surface area contributed by atoms with Crippen molar-refractivity contribution in [3.05, 3.63) is 48.5 Å². The van der Waals surface area contributed by atoms with Crippen molar-refractivity contribution >= 4 is 28.9 Å². The molecule has 0 bridgehead atoms. The number of imidazole rings is 1. The van der Waals surface area contributed by atoms with Crippen LogP contribution in [0.5, 0.6) is 0 Å². The second kappa shape index (κ2) is 6.94. The van der Waals surface area contributed by atoms with E-state index in [-0.39, 0.29) is 17.0 Å². The van der Waals surface area contributed by atoms with Crippen LogP contribution in [0.4, 0.5) is 10.2 Å². The molecule has 1 saturated heterocycles. The number of carboxylic acid groups (broad SMARTS) is 1. The number of carbonyl (C=O) groups is 2. The summed E-state index contributed by atoms with van der Waals surface area (Å²) in [6, 6.07) is 8.44. The van der Waals surface area contributed by atoms with Gasteiger partial charge in [-0.05, 0) is 12.1 Å². The molecule has 11 heteroatoms. The average Bonchev–Trinajstić information content (AvgIpc) is 3.25. The van der Waals surface area contributed by atoms with E-state index in [2.05, 4.69) is 20.3 Å². The number of aliphatic carboxylic acids is 1. The summed E-state index contributed by atoms with van der Waals surface area (Å²) >= 11 is 0. The Kier molecular flexibility index (Phi) is 4.45. The summed E-state index contributed by atoms with van der Waals surface area (Å²) in [5.41, 5.74) is 0.684. The number of hydrogen-bond acceptors (Lipinski definition) is 7. The molecule has 1 aliphatic heterocycles. The molecule has 3 N–H and O–H groups in total. The zero-order valence-electron chi connectivity index (χ0n) is 14.1. The van der Waals surface area contributed by atoms with Crippen molar-refractivity contribution < 1.29 is 28.9 Å². The molecule has 144 valence electrons. The molecule has 4 rings (SSSR count). The minimum atomic E-state index is -2.00. The first-order valence-corrected chi connectivity index (χ1v) is 8.21. The van der Waals surface area contributed by atoms with Crippen molar-refractivity contribution in [1.82, 2.24) is 19.5 Å². The standard InChI is InChI=1S/C17H14FN5O5/c18-9-11(24)12(17(26)27)28-16(9)23-7-21-10-13(19-6-20-14(10)23)22-15(25)8-4-2-1-3-5-8/h1-7,9,11-12,16,24H,(H,26,27)(H,19,20,22,25)/t9-,11?,12-,16+/m0/s1. The lowest BCUT2D eigenvalue weighted by Crippen LogP contribution is -2.34. The number of aliphatic hydroxyl groups excluding tert-OH is 1. The number of aliphatic hydroxyl groups is 1. The molecule has 0 aliphatic carbocycles. The van der Waals surface area contributed by atoms with Crippen molar-refractivity contribution in [3.8, 4) is 0 Å². The highest BCUT2D eigenvalue weighted by molar-refractivity contribution is 6.06. The van der Waals surface area contributed by atoms with Crippen molar-refractivity contribution in [2.45, 2.75) is 24.6 Å². The summed E-state index contributed by atoms with van der Waals surface area (Å²) in [5.74, 6) is -1.80. The van der Waals surface area contributed by atoms with Gasteiger partial charge in [0, 0.05) is 5.56 Å². The molecule has 2 aromatic heterocycles. The van der Waals surface area contributed by atoms with Gasteiger partial charge in [-0.2, -0.15) is 0 Å². The van der Waals surface area contributed by atoms with Gasteiger partial charge in [-0.3, -0.25) is 9.36 Å². The fourth-order valence-corrected chi connectivity index (χ4v) is 2.96. The summed E-state index contributed by atoms with van der Waals surface area (Å²) < 4.78 is 20.7. The van der Waals surface area contributed by atoms with Crippen LogP contribution >= 0.6 is 0 Å². The van der Waals surface area contributed by atoms with E-state index >= 15 is 0 Å². The zero-order valence-corrected chi connectivity index (χ0v) is 14.1. The highest BCUT2D eigenvalue weighted by atomic mass is 19.1. The van der Waals surface area contributed by atoms with Crippen LogP contribution in [0.25, 0.3) is 11.2 Å². The van der Waals surface area contributed by atoms with Gasteiger partial charge in [-0.25, -0.2) is 24.1 Å². The number of carbonyl (C=O) groups excluding carboxylic acids is 1. The maximum Gasteiger partial charge on any atom is 0.335 e. The number of nitrogens with one attached hydrogen (secondary N) is 1. The number of nitrogens with zero attached hydrogens (tertiary/aromatic N) is 4. The van der Waals surface area contributed by atoms with Gasteiger partial charge in [0.05, 0.1) is 6.33 Å². The molecule has 0 saturated carbocycles. The maximum absolute atomic E-state index is 14.4. The number of carboxylic acids is 1. The first-order valence-electron chi connectivity index (χ1n) is 8.21. The molecule has 10 nitrogen and oxygen atoms in total. The minimum absolute atomic E-state index is 0.0985. The van der Waals surface area contributed by atoms with Crippen LogP contribution < -0.4 is 5.32 Å². The summed E-state index contributed by atoms with van der Waals surface area (Å²) in [4.78, 5) is 35.5. The Balaban J connectivity index is 1.66. The van der Waals surface area contributed by atoms with E-state index in [9.17, 15) is 19.1 Å². The molecule has 28 heavy (non-hydrogen) atoms.